The Balaban J connectivity index is 2.21. The number of imidazole rings is 1. The van der Waals surface area contributed by atoms with Crippen LogP contribution in [-0.4, -0.2) is 22.8 Å². The fourth-order valence-electron chi connectivity index (χ4n) is 2.00. The zero-order valence-corrected chi connectivity index (χ0v) is 10.1. The molecule has 86 valence electrons. The molecule has 2 rings (SSSR count). The molecule has 2 unspecified atom stereocenters. The van der Waals surface area contributed by atoms with Crippen molar-refractivity contribution in [3.05, 3.63) is 42.0 Å². The second-order valence-electron chi connectivity index (χ2n) is 4.31. The molecular weight excluding hydrogens is 200 g/mol. The van der Waals surface area contributed by atoms with E-state index in [9.17, 15) is 0 Å². The number of nitrogens with zero attached hydrogens (tertiary/aromatic N) is 2. The number of ether oxygens (including phenoxy) is 1. The van der Waals surface area contributed by atoms with Crippen LogP contribution in [0.2, 0.25) is 0 Å². The molecule has 0 N–H and O–H groups in total. The van der Waals surface area contributed by atoms with Gasteiger partial charge in [-0.1, -0.05) is 23.8 Å². The summed E-state index contributed by atoms with van der Waals surface area (Å²) in [5.41, 5.74) is 2.31. The summed E-state index contributed by atoms with van der Waals surface area (Å²) >= 11 is 0. The number of allylic oxidation sites excluding steroid dienone is 3. The van der Waals surface area contributed by atoms with Gasteiger partial charge in [0.1, 0.15) is 0 Å². The van der Waals surface area contributed by atoms with Gasteiger partial charge < -0.3 is 9.30 Å². The van der Waals surface area contributed by atoms with Gasteiger partial charge in [-0.25, -0.2) is 4.98 Å². The molecule has 0 amide bonds. The first-order valence-corrected chi connectivity index (χ1v) is 5.58. The Labute approximate surface area is 96.4 Å². The Morgan fingerprint density at radius 2 is 2.25 bits per heavy atom. The number of hydrogen-bond donors (Lipinski definition) is 0. The zero-order chi connectivity index (χ0) is 11.5. The third-order valence-electron chi connectivity index (χ3n) is 2.92. The molecule has 1 aliphatic carbocycles. The maximum atomic E-state index is 5.45. The Bertz CT molecular complexity index is 417. The van der Waals surface area contributed by atoms with Gasteiger partial charge in [-0.05, 0) is 13.8 Å². The van der Waals surface area contributed by atoms with E-state index in [4.69, 9.17) is 4.74 Å². The minimum atomic E-state index is 0.183. The Kier molecular flexibility index (Phi) is 3.25. The molecular formula is C13H18N2O. The molecule has 1 heterocycles. The molecule has 16 heavy (non-hydrogen) atoms. The molecule has 0 aliphatic heterocycles. The highest BCUT2D eigenvalue weighted by molar-refractivity contribution is 5.22. The van der Waals surface area contributed by atoms with Crippen LogP contribution >= 0.6 is 0 Å². The van der Waals surface area contributed by atoms with E-state index in [1.165, 1.54) is 5.57 Å². The summed E-state index contributed by atoms with van der Waals surface area (Å²) in [6, 6.07) is 0.333. The van der Waals surface area contributed by atoms with Gasteiger partial charge in [-0.2, -0.15) is 0 Å². The summed E-state index contributed by atoms with van der Waals surface area (Å²) in [6.07, 6.45) is 11.6. The second-order valence-corrected chi connectivity index (χ2v) is 4.31. The minimum absolute atomic E-state index is 0.183. The molecule has 0 spiro atoms. The summed E-state index contributed by atoms with van der Waals surface area (Å²) in [5, 5.41) is 0. The van der Waals surface area contributed by atoms with E-state index in [0.717, 1.165) is 12.1 Å². The van der Waals surface area contributed by atoms with Crippen molar-refractivity contribution in [2.45, 2.75) is 32.4 Å². The highest BCUT2D eigenvalue weighted by Gasteiger charge is 2.16. The molecule has 0 saturated heterocycles. The summed E-state index contributed by atoms with van der Waals surface area (Å²) in [6.45, 7) is 4.11. The SMILES string of the molecule is COC1C=C(C)C=CC(n2cnc(C)c2)C1. The molecule has 0 saturated carbocycles. The minimum Gasteiger partial charge on any atom is -0.377 e. The largest absolute Gasteiger partial charge is 0.377 e. The fourth-order valence-corrected chi connectivity index (χ4v) is 2.00. The summed E-state index contributed by atoms with van der Waals surface area (Å²) in [7, 11) is 1.76. The highest BCUT2D eigenvalue weighted by Crippen LogP contribution is 2.23. The molecule has 0 aromatic carbocycles. The van der Waals surface area contributed by atoms with Crippen molar-refractivity contribution in [1.82, 2.24) is 9.55 Å². The van der Waals surface area contributed by atoms with E-state index in [-0.39, 0.29) is 6.10 Å². The average molecular weight is 218 g/mol. The number of rotatable bonds is 2. The van der Waals surface area contributed by atoms with Crippen molar-refractivity contribution in [2.75, 3.05) is 7.11 Å². The molecule has 3 nitrogen and oxygen atoms in total. The number of aryl methyl sites for hydroxylation is 1. The highest BCUT2D eigenvalue weighted by atomic mass is 16.5. The van der Waals surface area contributed by atoms with Crippen LogP contribution in [-0.2, 0) is 4.74 Å². The standard InChI is InChI=1S/C13H18N2O/c1-10-4-5-12(7-13(6-10)16-3)15-8-11(2)14-9-15/h4-6,8-9,12-13H,7H2,1-3H3. The van der Waals surface area contributed by atoms with Gasteiger partial charge in [0.2, 0.25) is 0 Å². The zero-order valence-electron chi connectivity index (χ0n) is 10.1. The summed E-state index contributed by atoms with van der Waals surface area (Å²) in [4.78, 5) is 4.26. The van der Waals surface area contributed by atoms with Crippen LogP contribution in [0, 0.1) is 6.92 Å². The molecule has 2 atom stereocenters. The van der Waals surface area contributed by atoms with E-state index in [2.05, 4.69) is 40.9 Å². The Hall–Kier alpha value is -1.35. The number of aromatic nitrogens is 2. The maximum Gasteiger partial charge on any atom is 0.0954 e. The van der Waals surface area contributed by atoms with Gasteiger partial charge in [0, 0.05) is 19.7 Å². The van der Waals surface area contributed by atoms with Crippen LogP contribution in [0.25, 0.3) is 0 Å². The Morgan fingerprint density at radius 1 is 1.44 bits per heavy atom. The van der Waals surface area contributed by atoms with Crippen molar-refractivity contribution in [1.29, 1.82) is 0 Å². The third-order valence-corrected chi connectivity index (χ3v) is 2.92. The van der Waals surface area contributed by atoms with Crippen molar-refractivity contribution in [3.63, 3.8) is 0 Å². The van der Waals surface area contributed by atoms with E-state index in [1.807, 2.05) is 13.3 Å². The van der Waals surface area contributed by atoms with Crippen LogP contribution in [0.5, 0.6) is 0 Å². The van der Waals surface area contributed by atoms with Crippen LogP contribution in [0.4, 0.5) is 0 Å². The smallest absolute Gasteiger partial charge is 0.0954 e. The first kappa shape index (κ1) is 11.1. The average Bonchev–Trinajstić information content (AvgIpc) is 2.59. The summed E-state index contributed by atoms with van der Waals surface area (Å²) < 4.78 is 7.59. The van der Waals surface area contributed by atoms with Crippen LogP contribution in [0.3, 0.4) is 0 Å². The third kappa shape index (κ3) is 2.42. The predicted octanol–water partition coefficient (Wildman–Crippen LogP) is 2.65. The molecule has 1 aliphatic rings. The van der Waals surface area contributed by atoms with Crippen LogP contribution in [0.1, 0.15) is 25.1 Å². The first-order chi connectivity index (χ1) is 7.69. The first-order valence-electron chi connectivity index (χ1n) is 5.58. The van der Waals surface area contributed by atoms with Gasteiger partial charge >= 0.3 is 0 Å². The predicted molar refractivity (Wildman–Crippen MR) is 64.3 cm³/mol. The lowest BCUT2D eigenvalue weighted by atomic mass is 10.1. The van der Waals surface area contributed by atoms with Gasteiger partial charge in [0.15, 0.2) is 0 Å². The monoisotopic (exact) mass is 218 g/mol. The Morgan fingerprint density at radius 3 is 2.88 bits per heavy atom. The van der Waals surface area contributed by atoms with Crippen molar-refractivity contribution in [3.8, 4) is 0 Å². The lowest BCUT2D eigenvalue weighted by Crippen LogP contribution is -2.14. The van der Waals surface area contributed by atoms with Crippen LogP contribution in [0.15, 0.2) is 36.3 Å². The number of hydrogen-bond acceptors (Lipinski definition) is 2. The van der Waals surface area contributed by atoms with E-state index in [0.29, 0.717) is 6.04 Å². The molecule has 1 aromatic heterocycles. The maximum absolute atomic E-state index is 5.45. The van der Waals surface area contributed by atoms with Gasteiger partial charge in [0.25, 0.3) is 0 Å². The molecule has 3 heteroatoms. The van der Waals surface area contributed by atoms with Crippen molar-refractivity contribution in [2.24, 2.45) is 0 Å². The topological polar surface area (TPSA) is 27.1 Å². The van der Waals surface area contributed by atoms with E-state index in [1.54, 1.807) is 7.11 Å². The molecule has 0 fully saturated rings. The lowest BCUT2D eigenvalue weighted by molar-refractivity contribution is 0.124. The van der Waals surface area contributed by atoms with E-state index >= 15 is 0 Å². The fraction of sp³-hybridized carbons (Fsp3) is 0.462. The quantitative estimate of drug-likeness (QED) is 0.763. The molecule has 0 bridgehead atoms. The van der Waals surface area contributed by atoms with Gasteiger partial charge in [0.05, 0.1) is 24.2 Å². The number of methoxy groups -OCH3 is 1. The van der Waals surface area contributed by atoms with Crippen LogP contribution < -0.4 is 0 Å². The normalized spacial score (nSPS) is 25.3. The summed E-state index contributed by atoms with van der Waals surface area (Å²) in [5.74, 6) is 0. The van der Waals surface area contributed by atoms with E-state index < -0.39 is 0 Å². The molecule has 1 aromatic rings. The van der Waals surface area contributed by atoms with Crippen molar-refractivity contribution >= 4 is 0 Å². The lowest BCUT2D eigenvalue weighted by Gasteiger charge is -2.17. The second kappa shape index (κ2) is 4.66. The van der Waals surface area contributed by atoms with Gasteiger partial charge in [-0.3, -0.25) is 0 Å². The molecule has 0 radical (unpaired) electrons. The van der Waals surface area contributed by atoms with Crippen molar-refractivity contribution < 1.29 is 4.74 Å². The van der Waals surface area contributed by atoms with Gasteiger partial charge in [-0.15, -0.1) is 0 Å².